The SMILES string of the molecule is CN1CCC(Nc2cnn(C)c2)CC1C(F)(F)F. The lowest BCUT2D eigenvalue weighted by Gasteiger charge is -2.38. The molecular formula is C11H17F3N4. The summed E-state index contributed by atoms with van der Waals surface area (Å²) in [5.74, 6) is 0. The van der Waals surface area contributed by atoms with E-state index in [1.807, 2.05) is 0 Å². The smallest absolute Gasteiger partial charge is 0.380 e. The molecule has 18 heavy (non-hydrogen) atoms. The van der Waals surface area contributed by atoms with Gasteiger partial charge in [-0.15, -0.1) is 0 Å². The minimum absolute atomic E-state index is 0.0783. The average Bonchev–Trinajstić information content (AvgIpc) is 2.65. The minimum atomic E-state index is -4.16. The van der Waals surface area contributed by atoms with E-state index in [4.69, 9.17) is 0 Å². The highest BCUT2D eigenvalue weighted by Gasteiger charge is 2.45. The highest BCUT2D eigenvalue weighted by Crippen LogP contribution is 2.31. The van der Waals surface area contributed by atoms with Crippen molar-refractivity contribution in [2.24, 2.45) is 7.05 Å². The van der Waals surface area contributed by atoms with Gasteiger partial charge in [-0.2, -0.15) is 18.3 Å². The Morgan fingerprint density at radius 2 is 2.11 bits per heavy atom. The number of hydrogen-bond donors (Lipinski definition) is 1. The summed E-state index contributed by atoms with van der Waals surface area (Å²) in [5, 5.41) is 7.10. The van der Waals surface area contributed by atoms with E-state index in [0.29, 0.717) is 13.0 Å². The normalized spacial score (nSPS) is 26.3. The lowest BCUT2D eigenvalue weighted by atomic mass is 9.97. The van der Waals surface area contributed by atoms with Crippen molar-refractivity contribution >= 4 is 5.69 Å². The molecule has 7 heteroatoms. The Bertz CT molecular complexity index is 401. The maximum atomic E-state index is 12.8. The van der Waals surface area contributed by atoms with Gasteiger partial charge in [-0.1, -0.05) is 0 Å². The fourth-order valence-corrected chi connectivity index (χ4v) is 2.33. The first-order valence-corrected chi connectivity index (χ1v) is 5.88. The van der Waals surface area contributed by atoms with Crippen LogP contribution in [0.1, 0.15) is 12.8 Å². The molecule has 2 atom stereocenters. The number of rotatable bonds is 2. The van der Waals surface area contributed by atoms with E-state index in [-0.39, 0.29) is 12.5 Å². The summed E-state index contributed by atoms with van der Waals surface area (Å²) in [6.45, 7) is 0.447. The number of anilines is 1. The number of hydrogen-bond acceptors (Lipinski definition) is 3. The Morgan fingerprint density at radius 3 is 2.67 bits per heavy atom. The van der Waals surface area contributed by atoms with Gasteiger partial charge in [-0.05, 0) is 19.9 Å². The second-order valence-electron chi connectivity index (χ2n) is 4.81. The van der Waals surface area contributed by atoms with Gasteiger partial charge in [0.1, 0.15) is 6.04 Å². The third-order valence-electron chi connectivity index (χ3n) is 3.32. The fourth-order valence-electron chi connectivity index (χ4n) is 2.33. The summed E-state index contributed by atoms with van der Waals surface area (Å²) >= 11 is 0. The van der Waals surface area contributed by atoms with Crippen LogP contribution in [0.15, 0.2) is 12.4 Å². The van der Waals surface area contributed by atoms with Crippen LogP contribution in [0.4, 0.5) is 18.9 Å². The number of aryl methyl sites for hydroxylation is 1. The van der Waals surface area contributed by atoms with Crippen molar-refractivity contribution in [3.63, 3.8) is 0 Å². The molecule has 0 bridgehead atoms. The Morgan fingerprint density at radius 1 is 1.39 bits per heavy atom. The second kappa shape index (κ2) is 4.79. The molecule has 1 N–H and O–H groups in total. The van der Waals surface area contributed by atoms with Crippen LogP contribution < -0.4 is 5.32 Å². The molecule has 0 aliphatic carbocycles. The van der Waals surface area contributed by atoms with E-state index in [9.17, 15) is 13.2 Å². The highest BCUT2D eigenvalue weighted by atomic mass is 19.4. The maximum Gasteiger partial charge on any atom is 0.404 e. The Hall–Kier alpha value is -1.24. The summed E-state index contributed by atoms with van der Waals surface area (Å²) < 4.78 is 40.1. The van der Waals surface area contributed by atoms with Gasteiger partial charge in [-0.3, -0.25) is 9.58 Å². The van der Waals surface area contributed by atoms with Gasteiger partial charge in [0.2, 0.25) is 0 Å². The summed E-state index contributed by atoms with van der Waals surface area (Å²) in [5.41, 5.74) is 0.771. The van der Waals surface area contributed by atoms with E-state index in [2.05, 4.69) is 10.4 Å². The van der Waals surface area contributed by atoms with Crippen molar-refractivity contribution in [1.29, 1.82) is 0 Å². The van der Waals surface area contributed by atoms with Gasteiger partial charge in [0.25, 0.3) is 0 Å². The van der Waals surface area contributed by atoms with E-state index in [1.54, 1.807) is 24.1 Å². The first-order chi connectivity index (χ1) is 8.36. The molecule has 1 fully saturated rings. The largest absolute Gasteiger partial charge is 0.404 e. The molecule has 0 aromatic carbocycles. The number of likely N-dealkylation sites (tertiary alicyclic amines) is 1. The molecule has 1 aliphatic heterocycles. The Kier molecular flexibility index (Phi) is 3.52. The van der Waals surface area contributed by atoms with Gasteiger partial charge >= 0.3 is 6.18 Å². The summed E-state index contributed by atoms with van der Waals surface area (Å²) in [6.07, 6.45) is 0.0126. The Labute approximate surface area is 104 Å². The molecule has 2 unspecified atom stereocenters. The molecular weight excluding hydrogens is 245 g/mol. The van der Waals surface area contributed by atoms with Crippen LogP contribution in [-0.2, 0) is 7.05 Å². The molecule has 1 aromatic rings. The molecule has 2 heterocycles. The van der Waals surface area contributed by atoms with Crippen molar-refractivity contribution in [2.45, 2.75) is 31.1 Å². The van der Waals surface area contributed by atoms with Gasteiger partial charge in [0.15, 0.2) is 0 Å². The van der Waals surface area contributed by atoms with E-state index in [1.165, 1.54) is 11.9 Å². The average molecular weight is 262 g/mol. The third kappa shape index (κ3) is 2.95. The van der Waals surface area contributed by atoms with Crippen LogP contribution in [0.25, 0.3) is 0 Å². The lowest BCUT2D eigenvalue weighted by molar-refractivity contribution is -0.187. The zero-order valence-electron chi connectivity index (χ0n) is 10.4. The van der Waals surface area contributed by atoms with E-state index < -0.39 is 12.2 Å². The zero-order chi connectivity index (χ0) is 13.3. The van der Waals surface area contributed by atoms with Crippen molar-refractivity contribution in [2.75, 3.05) is 18.9 Å². The first kappa shape index (κ1) is 13.2. The number of nitrogens with one attached hydrogen (secondary N) is 1. The van der Waals surface area contributed by atoms with Crippen molar-refractivity contribution in [3.8, 4) is 0 Å². The number of halogens is 3. The van der Waals surface area contributed by atoms with Crippen molar-refractivity contribution in [3.05, 3.63) is 12.4 Å². The molecule has 102 valence electrons. The molecule has 1 aliphatic rings. The Balaban J connectivity index is 1.99. The van der Waals surface area contributed by atoms with Crippen LogP contribution in [0.2, 0.25) is 0 Å². The number of nitrogens with zero attached hydrogens (tertiary/aromatic N) is 3. The van der Waals surface area contributed by atoms with Crippen LogP contribution >= 0.6 is 0 Å². The van der Waals surface area contributed by atoms with Crippen LogP contribution in [-0.4, -0.2) is 46.5 Å². The predicted octanol–water partition coefficient (Wildman–Crippen LogP) is 1.86. The maximum absolute atomic E-state index is 12.8. The molecule has 1 aromatic heterocycles. The van der Waals surface area contributed by atoms with Crippen LogP contribution in [0.3, 0.4) is 0 Å². The highest BCUT2D eigenvalue weighted by molar-refractivity contribution is 5.39. The first-order valence-electron chi connectivity index (χ1n) is 5.88. The monoisotopic (exact) mass is 262 g/mol. The van der Waals surface area contributed by atoms with E-state index in [0.717, 1.165) is 5.69 Å². The predicted molar refractivity (Wildman–Crippen MR) is 62.3 cm³/mol. The molecule has 0 amide bonds. The molecule has 1 saturated heterocycles. The molecule has 0 radical (unpaired) electrons. The number of alkyl halides is 3. The lowest BCUT2D eigenvalue weighted by Crippen LogP contribution is -2.51. The molecule has 0 saturated carbocycles. The second-order valence-corrected chi connectivity index (χ2v) is 4.81. The molecule has 4 nitrogen and oxygen atoms in total. The minimum Gasteiger partial charge on any atom is -0.380 e. The standard InChI is InChI=1S/C11H17F3N4/c1-17-4-3-8(5-10(17)11(12,13)14)16-9-6-15-18(2)7-9/h6-8,10,16H,3-5H2,1-2H3. The van der Waals surface area contributed by atoms with Crippen molar-refractivity contribution < 1.29 is 13.2 Å². The van der Waals surface area contributed by atoms with Gasteiger partial charge < -0.3 is 5.32 Å². The third-order valence-corrected chi connectivity index (χ3v) is 3.32. The van der Waals surface area contributed by atoms with E-state index >= 15 is 0 Å². The van der Waals surface area contributed by atoms with Gasteiger partial charge in [0, 0.05) is 25.8 Å². The number of aromatic nitrogens is 2. The van der Waals surface area contributed by atoms with Gasteiger partial charge in [0.05, 0.1) is 11.9 Å². The molecule has 0 spiro atoms. The van der Waals surface area contributed by atoms with Crippen molar-refractivity contribution in [1.82, 2.24) is 14.7 Å². The van der Waals surface area contributed by atoms with Crippen LogP contribution in [0, 0.1) is 0 Å². The molecule has 2 rings (SSSR count). The topological polar surface area (TPSA) is 33.1 Å². The fraction of sp³-hybridized carbons (Fsp3) is 0.727. The van der Waals surface area contributed by atoms with Crippen LogP contribution in [0.5, 0.6) is 0 Å². The number of piperidine rings is 1. The quantitative estimate of drug-likeness (QED) is 0.883. The summed E-state index contributed by atoms with van der Waals surface area (Å²) in [7, 11) is 3.30. The summed E-state index contributed by atoms with van der Waals surface area (Å²) in [6, 6.07) is -1.52. The summed E-state index contributed by atoms with van der Waals surface area (Å²) in [4.78, 5) is 1.38. The zero-order valence-corrected chi connectivity index (χ0v) is 10.4. The van der Waals surface area contributed by atoms with Gasteiger partial charge in [-0.25, -0.2) is 0 Å².